The molecular formula is C12H20N2S. The molecule has 2 rings (SSSR count). The molecule has 0 saturated heterocycles. The Morgan fingerprint density at radius 1 is 1.47 bits per heavy atom. The minimum Gasteiger partial charge on any atom is -0.337 e. The van der Waals surface area contributed by atoms with Crippen LogP contribution in [0.3, 0.4) is 0 Å². The SMILES string of the molecule is CCc1c[nH]c(=S)n1C1CCCCC1C. The maximum absolute atomic E-state index is 5.38. The van der Waals surface area contributed by atoms with Gasteiger partial charge in [0.2, 0.25) is 0 Å². The first-order chi connectivity index (χ1) is 7.24. The Labute approximate surface area is 96.7 Å². The molecule has 1 aromatic heterocycles. The summed E-state index contributed by atoms with van der Waals surface area (Å²) in [7, 11) is 0. The van der Waals surface area contributed by atoms with Crippen LogP contribution in [0.1, 0.15) is 51.3 Å². The number of hydrogen-bond acceptors (Lipinski definition) is 1. The number of nitrogens with zero attached hydrogens (tertiary/aromatic N) is 1. The van der Waals surface area contributed by atoms with Gasteiger partial charge in [-0.25, -0.2) is 0 Å². The molecule has 0 aliphatic heterocycles. The summed E-state index contributed by atoms with van der Waals surface area (Å²) >= 11 is 5.38. The Morgan fingerprint density at radius 3 is 2.87 bits per heavy atom. The minimum absolute atomic E-state index is 0.632. The quantitative estimate of drug-likeness (QED) is 0.757. The first-order valence-corrected chi connectivity index (χ1v) is 6.43. The van der Waals surface area contributed by atoms with Gasteiger partial charge in [-0.1, -0.05) is 26.7 Å². The molecule has 1 N–H and O–H groups in total. The monoisotopic (exact) mass is 224 g/mol. The van der Waals surface area contributed by atoms with E-state index in [4.69, 9.17) is 12.2 Å². The average Bonchev–Trinajstić information content (AvgIpc) is 2.60. The molecule has 2 unspecified atom stereocenters. The van der Waals surface area contributed by atoms with Crippen molar-refractivity contribution >= 4 is 12.2 Å². The van der Waals surface area contributed by atoms with E-state index in [2.05, 4.69) is 29.6 Å². The van der Waals surface area contributed by atoms with E-state index in [9.17, 15) is 0 Å². The predicted octanol–water partition coefficient (Wildman–Crippen LogP) is 3.86. The fraction of sp³-hybridized carbons (Fsp3) is 0.750. The van der Waals surface area contributed by atoms with Gasteiger partial charge in [-0.15, -0.1) is 0 Å². The second-order valence-corrected chi connectivity index (χ2v) is 5.02. The van der Waals surface area contributed by atoms with E-state index in [1.54, 1.807) is 0 Å². The van der Waals surface area contributed by atoms with Crippen LogP contribution in [0.25, 0.3) is 0 Å². The van der Waals surface area contributed by atoms with Crippen LogP contribution in [0, 0.1) is 10.7 Å². The smallest absolute Gasteiger partial charge is 0.177 e. The van der Waals surface area contributed by atoms with Crippen molar-refractivity contribution in [3.63, 3.8) is 0 Å². The lowest BCUT2D eigenvalue weighted by Gasteiger charge is -2.31. The standard InChI is InChI=1S/C12H20N2S/c1-3-10-8-13-12(15)14(10)11-7-5-4-6-9(11)2/h8-9,11H,3-7H2,1-2H3,(H,13,15). The summed E-state index contributed by atoms with van der Waals surface area (Å²) in [6.07, 6.45) is 8.52. The van der Waals surface area contributed by atoms with Crippen molar-refractivity contribution < 1.29 is 0 Å². The Morgan fingerprint density at radius 2 is 2.20 bits per heavy atom. The molecule has 0 spiro atoms. The molecular weight excluding hydrogens is 204 g/mol. The summed E-state index contributed by atoms with van der Waals surface area (Å²) in [5.74, 6) is 0.770. The molecule has 0 radical (unpaired) electrons. The third-order valence-electron chi connectivity index (χ3n) is 3.65. The maximum atomic E-state index is 5.38. The molecule has 1 heterocycles. The van der Waals surface area contributed by atoms with Crippen molar-refractivity contribution in [1.82, 2.24) is 9.55 Å². The second kappa shape index (κ2) is 4.52. The van der Waals surface area contributed by atoms with Crippen molar-refractivity contribution in [2.45, 2.75) is 52.0 Å². The molecule has 15 heavy (non-hydrogen) atoms. The van der Waals surface area contributed by atoms with Gasteiger partial charge >= 0.3 is 0 Å². The number of imidazole rings is 1. The van der Waals surface area contributed by atoms with E-state index in [0.717, 1.165) is 17.1 Å². The molecule has 3 heteroatoms. The molecule has 0 amide bonds. The normalized spacial score (nSPS) is 26.8. The van der Waals surface area contributed by atoms with Crippen LogP contribution in [0.5, 0.6) is 0 Å². The number of aryl methyl sites for hydroxylation is 1. The van der Waals surface area contributed by atoms with Crippen molar-refractivity contribution in [1.29, 1.82) is 0 Å². The van der Waals surface area contributed by atoms with Gasteiger partial charge in [-0.2, -0.15) is 0 Å². The molecule has 0 aromatic carbocycles. The second-order valence-electron chi connectivity index (χ2n) is 4.64. The van der Waals surface area contributed by atoms with Gasteiger partial charge in [0.25, 0.3) is 0 Å². The lowest BCUT2D eigenvalue weighted by Crippen LogP contribution is -2.22. The number of H-pyrrole nitrogens is 1. The van der Waals surface area contributed by atoms with Gasteiger partial charge < -0.3 is 9.55 Å². The zero-order chi connectivity index (χ0) is 10.8. The van der Waals surface area contributed by atoms with Crippen LogP contribution < -0.4 is 0 Å². The molecule has 2 atom stereocenters. The van der Waals surface area contributed by atoms with Crippen LogP contribution >= 0.6 is 12.2 Å². The lowest BCUT2D eigenvalue weighted by atomic mass is 9.85. The van der Waals surface area contributed by atoms with E-state index in [-0.39, 0.29) is 0 Å². The minimum atomic E-state index is 0.632. The van der Waals surface area contributed by atoms with Crippen LogP contribution in [0.4, 0.5) is 0 Å². The molecule has 1 fully saturated rings. The largest absolute Gasteiger partial charge is 0.337 e. The highest BCUT2D eigenvalue weighted by Gasteiger charge is 2.24. The van der Waals surface area contributed by atoms with Gasteiger partial charge in [0.15, 0.2) is 4.77 Å². The van der Waals surface area contributed by atoms with Gasteiger partial charge in [-0.05, 0) is 37.4 Å². The van der Waals surface area contributed by atoms with E-state index in [0.29, 0.717) is 6.04 Å². The number of nitrogens with one attached hydrogen (secondary N) is 1. The van der Waals surface area contributed by atoms with Gasteiger partial charge in [0, 0.05) is 17.9 Å². The Bertz CT molecular complexity index is 377. The lowest BCUT2D eigenvalue weighted by molar-refractivity contribution is 0.251. The average molecular weight is 224 g/mol. The Kier molecular flexibility index (Phi) is 3.29. The molecule has 1 aromatic rings. The van der Waals surface area contributed by atoms with Crippen LogP contribution in [-0.4, -0.2) is 9.55 Å². The van der Waals surface area contributed by atoms with E-state index in [1.165, 1.54) is 31.4 Å². The molecule has 1 aliphatic carbocycles. The highest BCUT2D eigenvalue weighted by atomic mass is 32.1. The van der Waals surface area contributed by atoms with E-state index >= 15 is 0 Å². The summed E-state index contributed by atoms with van der Waals surface area (Å²) in [5, 5.41) is 0. The topological polar surface area (TPSA) is 20.7 Å². The van der Waals surface area contributed by atoms with Gasteiger partial charge in [0.05, 0.1) is 0 Å². The first-order valence-electron chi connectivity index (χ1n) is 6.02. The van der Waals surface area contributed by atoms with Crippen LogP contribution in [0.2, 0.25) is 0 Å². The first kappa shape index (κ1) is 10.9. The van der Waals surface area contributed by atoms with Gasteiger partial charge in [0.1, 0.15) is 0 Å². The zero-order valence-electron chi connectivity index (χ0n) is 9.62. The third-order valence-corrected chi connectivity index (χ3v) is 3.97. The Hall–Kier alpha value is -0.570. The van der Waals surface area contributed by atoms with E-state index < -0.39 is 0 Å². The molecule has 1 saturated carbocycles. The summed E-state index contributed by atoms with van der Waals surface area (Å²) in [6, 6.07) is 0.632. The predicted molar refractivity (Wildman–Crippen MR) is 65.7 cm³/mol. The molecule has 2 nitrogen and oxygen atoms in total. The van der Waals surface area contributed by atoms with Crippen LogP contribution in [0.15, 0.2) is 6.20 Å². The summed E-state index contributed by atoms with van der Waals surface area (Å²) in [6.45, 7) is 4.56. The fourth-order valence-corrected chi connectivity index (χ4v) is 3.04. The molecule has 0 bridgehead atoms. The highest BCUT2D eigenvalue weighted by molar-refractivity contribution is 7.71. The van der Waals surface area contributed by atoms with E-state index in [1.807, 2.05) is 0 Å². The summed E-state index contributed by atoms with van der Waals surface area (Å²) < 4.78 is 3.27. The zero-order valence-corrected chi connectivity index (χ0v) is 10.4. The van der Waals surface area contributed by atoms with Crippen molar-refractivity contribution in [3.05, 3.63) is 16.7 Å². The number of rotatable bonds is 2. The summed E-state index contributed by atoms with van der Waals surface area (Å²) in [4.78, 5) is 3.18. The number of aromatic amines is 1. The van der Waals surface area contributed by atoms with Gasteiger partial charge in [-0.3, -0.25) is 0 Å². The Balaban J connectivity index is 2.34. The fourth-order valence-electron chi connectivity index (χ4n) is 2.73. The number of hydrogen-bond donors (Lipinski definition) is 1. The summed E-state index contributed by atoms with van der Waals surface area (Å²) in [5.41, 5.74) is 1.36. The van der Waals surface area contributed by atoms with Crippen molar-refractivity contribution in [2.75, 3.05) is 0 Å². The van der Waals surface area contributed by atoms with Crippen LogP contribution in [-0.2, 0) is 6.42 Å². The highest BCUT2D eigenvalue weighted by Crippen LogP contribution is 2.34. The van der Waals surface area contributed by atoms with Crippen molar-refractivity contribution in [3.8, 4) is 0 Å². The molecule has 84 valence electrons. The van der Waals surface area contributed by atoms with Crippen molar-refractivity contribution in [2.24, 2.45) is 5.92 Å². The maximum Gasteiger partial charge on any atom is 0.177 e. The molecule has 1 aliphatic rings. The number of aromatic nitrogens is 2. The third kappa shape index (κ3) is 2.03.